The molecule has 18 heteroatoms. The Balaban J connectivity index is 0.00000281. The molecule has 4 aromatic rings. The minimum atomic E-state index is -4.83. The number of carbonyl (C=O) groups excluding carboxylic acids is 2. The molecule has 14 nitrogen and oxygen atoms in total. The SMILES string of the molecule is Nc1ccc(S(=O)(=O)[O-])c2c1C(=O)/C(=N\Nc1ccc(-c3ccc(N/N=C4\C=Cc5c(S(=O)(=O)[O-])ccc(N)c5C4=O)cc3)cc1)C=C2.[Na+].[Na+]. The summed E-state index contributed by atoms with van der Waals surface area (Å²) in [4.78, 5) is 24.9. The molecule has 242 valence electrons. The number of hydrogen-bond donors (Lipinski definition) is 4. The van der Waals surface area contributed by atoms with Gasteiger partial charge < -0.3 is 20.6 Å². The number of rotatable bonds is 7. The number of nitrogens with zero attached hydrogens (tertiary/aromatic N) is 2. The van der Waals surface area contributed by atoms with Crippen molar-refractivity contribution in [2.45, 2.75) is 9.79 Å². The summed E-state index contributed by atoms with van der Waals surface area (Å²) >= 11 is 0. The molecule has 4 aromatic carbocycles. The Hall–Kier alpha value is -3.94. The van der Waals surface area contributed by atoms with Crippen LogP contribution in [0.1, 0.15) is 31.8 Å². The van der Waals surface area contributed by atoms with Crippen LogP contribution in [0.3, 0.4) is 0 Å². The van der Waals surface area contributed by atoms with Gasteiger partial charge in [0.25, 0.3) is 0 Å². The fraction of sp³-hybridized carbons (Fsp3) is 0. The van der Waals surface area contributed by atoms with E-state index in [0.717, 1.165) is 23.3 Å². The second-order valence-corrected chi connectivity index (χ2v) is 13.2. The third-order valence-electron chi connectivity index (χ3n) is 7.46. The van der Waals surface area contributed by atoms with Crippen LogP contribution in [-0.4, -0.2) is 48.9 Å². The molecule has 0 bridgehead atoms. The monoisotopic (exact) mass is 728 g/mol. The molecule has 50 heavy (non-hydrogen) atoms. The van der Waals surface area contributed by atoms with E-state index in [1.807, 2.05) is 24.3 Å². The van der Waals surface area contributed by atoms with Gasteiger partial charge in [-0.2, -0.15) is 10.2 Å². The molecule has 0 heterocycles. The number of anilines is 4. The van der Waals surface area contributed by atoms with E-state index in [0.29, 0.717) is 11.4 Å². The van der Waals surface area contributed by atoms with Crippen molar-refractivity contribution in [3.8, 4) is 11.1 Å². The van der Waals surface area contributed by atoms with Gasteiger partial charge in [0.15, 0.2) is 0 Å². The van der Waals surface area contributed by atoms with Crippen LogP contribution in [0.2, 0.25) is 0 Å². The van der Waals surface area contributed by atoms with Crippen molar-refractivity contribution in [3.05, 3.63) is 107 Å². The summed E-state index contributed by atoms with van der Waals surface area (Å²) in [6, 6.07) is 18.7. The van der Waals surface area contributed by atoms with Crippen molar-refractivity contribution in [2.75, 3.05) is 22.3 Å². The standard InChI is InChI=1S/C32H24N6O8S2.2Na/c33-23-11-15-27(47(41,42)43)21-9-13-25(31(39)29(21)23)37-35-19-5-1-17(2-6-19)18-3-7-20(8-4-18)36-38-26-14-10-22-28(48(44,45)46)16-12-24(34)30(22)32(26)40;;/h1-16,35-36H,33-34H2,(H,41,42,43)(H,44,45,46);;/q;2*+1/p-2/b37-25-,38-26+;;. The van der Waals surface area contributed by atoms with E-state index in [1.54, 1.807) is 24.3 Å². The van der Waals surface area contributed by atoms with Crippen LogP contribution in [0.15, 0.2) is 105 Å². The van der Waals surface area contributed by atoms with Crippen LogP contribution >= 0.6 is 0 Å². The Morgan fingerprint density at radius 3 is 1.18 bits per heavy atom. The van der Waals surface area contributed by atoms with Crippen molar-refractivity contribution in [1.82, 2.24) is 0 Å². The van der Waals surface area contributed by atoms with Gasteiger partial charge in [-0.25, -0.2) is 16.8 Å². The van der Waals surface area contributed by atoms with E-state index < -0.39 is 41.6 Å². The number of Topliss-reactive ketones (excluding diaryl/α,β-unsaturated/α-hetero) is 2. The Morgan fingerprint density at radius 2 is 0.860 bits per heavy atom. The number of benzene rings is 4. The first-order valence-electron chi connectivity index (χ1n) is 13.8. The Kier molecular flexibility index (Phi) is 11.8. The van der Waals surface area contributed by atoms with E-state index in [2.05, 4.69) is 21.1 Å². The number of ketones is 2. The third kappa shape index (κ3) is 7.84. The molecule has 0 saturated heterocycles. The van der Waals surface area contributed by atoms with Crippen molar-refractivity contribution in [3.63, 3.8) is 0 Å². The van der Waals surface area contributed by atoms with Gasteiger partial charge in [-0.15, -0.1) is 0 Å². The van der Waals surface area contributed by atoms with Gasteiger partial charge >= 0.3 is 59.1 Å². The maximum atomic E-state index is 13.0. The molecular formula is C32H22N6Na2O8S2. The summed E-state index contributed by atoms with van der Waals surface area (Å²) in [6.07, 6.45) is 5.22. The average molecular weight is 729 g/mol. The number of nitrogen functional groups attached to an aromatic ring is 2. The van der Waals surface area contributed by atoms with E-state index in [4.69, 9.17) is 11.5 Å². The van der Waals surface area contributed by atoms with Gasteiger partial charge in [0.05, 0.1) is 32.3 Å². The second-order valence-electron chi connectivity index (χ2n) is 10.5. The molecule has 0 fully saturated rings. The van der Waals surface area contributed by atoms with Crippen LogP contribution < -0.4 is 81.4 Å². The van der Waals surface area contributed by atoms with Crippen molar-refractivity contribution >= 4 is 78.1 Å². The predicted octanol–water partition coefficient (Wildman–Crippen LogP) is -2.31. The normalized spacial score (nSPS) is 15.2. The molecule has 6 N–H and O–H groups in total. The molecule has 0 aliphatic heterocycles. The van der Waals surface area contributed by atoms with E-state index in [1.165, 1.54) is 36.4 Å². The summed E-state index contributed by atoms with van der Waals surface area (Å²) in [5, 5.41) is 8.25. The van der Waals surface area contributed by atoms with Gasteiger partial charge in [-0.3, -0.25) is 20.4 Å². The average Bonchev–Trinajstić information content (AvgIpc) is 3.03. The molecule has 2 aliphatic rings. The first-order chi connectivity index (χ1) is 22.7. The fourth-order valence-corrected chi connectivity index (χ4v) is 6.49. The summed E-state index contributed by atoms with van der Waals surface area (Å²) in [6.45, 7) is 0. The zero-order chi connectivity index (χ0) is 34.4. The number of allylic oxidation sites excluding steroid dienone is 2. The first kappa shape index (κ1) is 38.9. The number of fused-ring (bicyclic) bond motifs is 2. The number of nitrogens with one attached hydrogen (secondary N) is 2. The van der Waals surface area contributed by atoms with Crippen LogP contribution in [-0.2, 0) is 20.2 Å². The van der Waals surface area contributed by atoms with Gasteiger partial charge in [0.1, 0.15) is 31.7 Å². The Morgan fingerprint density at radius 1 is 0.520 bits per heavy atom. The molecule has 0 amide bonds. The van der Waals surface area contributed by atoms with Gasteiger partial charge in [-0.1, -0.05) is 36.4 Å². The largest absolute Gasteiger partial charge is 1.00 e. The fourth-order valence-electron chi connectivity index (χ4n) is 5.14. The number of nitrogens with two attached hydrogens (primary N) is 2. The van der Waals surface area contributed by atoms with Gasteiger partial charge in [-0.05, 0) is 71.8 Å². The smallest absolute Gasteiger partial charge is 0.744 e. The number of hydrogen-bond acceptors (Lipinski definition) is 14. The summed E-state index contributed by atoms with van der Waals surface area (Å²) in [7, 11) is -9.65. The molecule has 0 atom stereocenters. The van der Waals surface area contributed by atoms with Crippen LogP contribution in [0.25, 0.3) is 23.3 Å². The maximum absolute atomic E-state index is 13.0. The molecule has 0 saturated carbocycles. The molecular weight excluding hydrogens is 706 g/mol. The number of hydrazone groups is 2. The molecule has 0 aromatic heterocycles. The van der Waals surface area contributed by atoms with Crippen molar-refractivity contribution < 1.29 is 94.6 Å². The molecule has 2 aliphatic carbocycles. The minimum Gasteiger partial charge on any atom is -0.744 e. The van der Waals surface area contributed by atoms with Crippen LogP contribution in [0, 0.1) is 0 Å². The van der Waals surface area contributed by atoms with Crippen molar-refractivity contribution in [2.24, 2.45) is 10.2 Å². The quantitative estimate of drug-likeness (QED) is 0.0679. The zero-order valence-electron chi connectivity index (χ0n) is 26.4. The molecule has 0 unspecified atom stereocenters. The van der Waals surface area contributed by atoms with Crippen LogP contribution in [0.5, 0.6) is 0 Å². The first-order valence-corrected chi connectivity index (χ1v) is 16.6. The maximum Gasteiger partial charge on any atom is 1.00 e. The van der Waals surface area contributed by atoms with E-state index in [9.17, 15) is 35.5 Å². The summed E-state index contributed by atoms with van der Waals surface area (Å²) < 4.78 is 69.6. The Bertz CT molecular complexity index is 2230. The Labute approximate surface area is 330 Å². The zero-order valence-corrected chi connectivity index (χ0v) is 32.0. The second kappa shape index (κ2) is 15.1. The summed E-state index contributed by atoms with van der Waals surface area (Å²) in [5.74, 6) is -1.28. The van der Waals surface area contributed by atoms with E-state index in [-0.39, 0.29) is 104 Å². The van der Waals surface area contributed by atoms with Gasteiger partial charge in [0, 0.05) is 22.5 Å². The minimum absolute atomic E-state index is 0. The van der Waals surface area contributed by atoms with Crippen LogP contribution in [0.4, 0.5) is 22.7 Å². The summed E-state index contributed by atoms with van der Waals surface area (Å²) in [5.41, 5.74) is 19.7. The van der Waals surface area contributed by atoms with Crippen molar-refractivity contribution in [1.29, 1.82) is 0 Å². The predicted molar refractivity (Wildman–Crippen MR) is 178 cm³/mol. The topological polar surface area (TPSA) is 249 Å². The third-order valence-corrected chi connectivity index (χ3v) is 9.25. The van der Waals surface area contributed by atoms with E-state index >= 15 is 0 Å². The molecule has 0 spiro atoms. The van der Waals surface area contributed by atoms with Gasteiger partial charge in [0.2, 0.25) is 11.6 Å². The molecule has 6 rings (SSSR count). The number of carbonyl (C=O) groups is 2. The molecule has 0 radical (unpaired) electrons.